The molecule has 146 valence electrons. The number of carbonyl (C=O) groups is 1. The van der Waals surface area contributed by atoms with E-state index in [1.54, 1.807) is 42.7 Å². The standard InChI is InChI=1S/C20H17ClN2O2S.C2H6/c1-14-3-2-4-17(7-5-14)26(25)23-19-8-6-16(21)13-18(19)20(24)15-9-11-22-12-10-15;1-2/h2,4-13,23H,3H2,1H3;1-2H3. The number of carbonyl (C=O) groups excluding carboxylic acids is 1. The maximum absolute atomic E-state index is 12.8. The second-order valence-electron chi connectivity index (χ2n) is 5.81. The number of hydrogen-bond acceptors (Lipinski definition) is 3. The fourth-order valence-corrected chi connectivity index (χ4v) is 3.52. The Balaban J connectivity index is 0.00000136. The van der Waals surface area contributed by atoms with E-state index in [9.17, 15) is 9.00 Å². The van der Waals surface area contributed by atoms with E-state index in [4.69, 9.17) is 11.6 Å². The van der Waals surface area contributed by atoms with E-state index in [0.29, 0.717) is 26.7 Å². The molecule has 1 aromatic carbocycles. The molecule has 0 radical (unpaired) electrons. The van der Waals surface area contributed by atoms with Crippen molar-refractivity contribution in [3.8, 4) is 0 Å². The van der Waals surface area contributed by atoms with Crippen LogP contribution >= 0.6 is 11.6 Å². The van der Waals surface area contributed by atoms with E-state index in [1.165, 1.54) is 5.57 Å². The molecule has 4 nitrogen and oxygen atoms in total. The first-order valence-corrected chi connectivity index (χ1v) is 10.5. The van der Waals surface area contributed by atoms with Crippen molar-refractivity contribution >= 4 is 34.1 Å². The predicted octanol–water partition coefficient (Wildman–Crippen LogP) is 5.86. The van der Waals surface area contributed by atoms with E-state index < -0.39 is 11.0 Å². The summed E-state index contributed by atoms with van der Waals surface area (Å²) >= 11 is 6.07. The first kappa shape index (κ1) is 21.8. The highest BCUT2D eigenvalue weighted by atomic mass is 35.5. The van der Waals surface area contributed by atoms with Crippen LogP contribution in [-0.2, 0) is 11.0 Å². The number of rotatable bonds is 5. The highest BCUT2D eigenvalue weighted by Gasteiger charge is 2.16. The number of ketones is 1. The van der Waals surface area contributed by atoms with Crippen LogP contribution in [0.3, 0.4) is 0 Å². The third kappa shape index (κ3) is 5.75. The van der Waals surface area contributed by atoms with Crippen LogP contribution in [0.15, 0.2) is 77.5 Å². The molecule has 28 heavy (non-hydrogen) atoms. The Morgan fingerprint density at radius 3 is 2.57 bits per heavy atom. The molecule has 1 atom stereocenters. The van der Waals surface area contributed by atoms with Gasteiger partial charge in [-0.3, -0.25) is 9.78 Å². The highest BCUT2D eigenvalue weighted by Crippen LogP contribution is 2.25. The Hall–Kier alpha value is -2.50. The van der Waals surface area contributed by atoms with Gasteiger partial charge >= 0.3 is 0 Å². The number of nitrogens with zero attached hydrogens (tertiary/aromatic N) is 1. The van der Waals surface area contributed by atoms with Crippen molar-refractivity contribution in [1.29, 1.82) is 0 Å². The first-order chi connectivity index (χ1) is 13.5. The number of pyridine rings is 1. The molecular formula is C22H23ClN2O2S. The van der Waals surface area contributed by atoms with E-state index in [-0.39, 0.29) is 5.78 Å². The molecule has 1 aliphatic rings. The molecule has 6 heteroatoms. The number of allylic oxidation sites excluding steroid dienone is 5. The quantitative estimate of drug-likeness (QED) is 0.623. The monoisotopic (exact) mass is 414 g/mol. The number of nitrogens with one attached hydrogen (secondary N) is 1. The molecule has 0 amide bonds. The van der Waals surface area contributed by atoms with Gasteiger partial charge in [0, 0.05) is 28.5 Å². The van der Waals surface area contributed by atoms with Crippen molar-refractivity contribution in [3.63, 3.8) is 0 Å². The number of hydrogen-bond donors (Lipinski definition) is 1. The Bertz CT molecular complexity index is 950. The number of halogens is 1. The zero-order valence-corrected chi connectivity index (χ0v) is 17.7. The Morgan fingerprint density at radius 1 is 1.14 bits per heavy atom. The van der Waals surface area contributed by atoms with Crippen LogP contribution in [0.4, 0.5) is 5.69 Å². The van der Waals surface area contributed by atoms with Crippen molar-refractivity contribution in [2.24, 2.45) is 0 Å². The maximum atomic E-state index is 12.8. The number of aromatic nitrogens is 1. The summed E-state index contributed by atoms with van der Waals surface area (Å²) in [6.07, 6.45) is 11.5. The van der Waals surface area contributed by atoms with Crippen molar-refractivity contribution in [2.75, 3.05) is 4.72 Å². The molecule has 0 saturated heterocycles. The van der Waals surface area contributed by atoms with Crippen LogP contribution in [0.5, 0.6) is 0 Å². The van der Waals surface area contributed by atoms with Gasteiger partial charge in [-0.15, -0.1) is 0 Å². The van der Waals surface area contributed by atoms with Gasteiger partial charge in [-0.2, -0.15) is 0 Å². The molecular weight excluding hydrogens is 392 g/mol. The summed E-state index contributed by atoms with van der Waals surface area (Å²) in [6.45, 7) is 6.02. The molecule has 1 aromatic heterocycles. The van der Waals surface area contributed by atoms with Crippen LogP contribution in [-0.4, -0.2) is 15.0 Å². The van der Waals surface area contributed by atoms with Gasteiger partial charge in [-0.25, -0.2) is 4.21 Å². The second-order valence-corrected chi connectivity index (χ2v) is 7.46. The zero-order chi connectivity index (χ0) is 20.5. The Kier molecular flexibility index (Phi) is 8.36. The molecule has 2 aromatic rings. The molecule has 1 unspecified atom stereocenters. The summed E-state index contributed by atoms with van der Waals surface area (Å²) in [5, 5.41) is 0.436. The largest absolute Gasteiger partial charge is 0.300 e. The van der Waals surface area contributed by atoms with E-state index in [0.717, 1.165) is 6.42 Å². The third-order valence-electron chi connectivity index (χ3n) is 3.84. The van der Waals surface area contributed by atoms with Gasteiger partial charge in [0.2, 0.25) is 0 Å². The minimum absolute atomic E-state index is 0.212. The highest BCUT2D eigenvalue weighted by molar-refractivity contribution is 7.90. The molecule has 0 bridgehead atoms. The van der Waals surface area contributed by atoms with Crippen LogP contribution in [0.1, 0.15) is 43.1 Å². The van der Waals surface area contributed by atoms with Crippen LogP contribution in [0.25, 0.3) is 0 Å². The van der Waals surface area contributed by atoms with Gasteiger partial charge < -0.3 is 4.72 Å². The van der Waals surface area contributed by atoms with Crippen molar-refractivity contribution < 1.29 is 9.00 Å². The third-order valence-corrected chi connectivity index (χ3v) is 5.18. The normalized spacial score (nSPS) is 14.0. The summed E-state index contributed by atoms with van der Waals surface area (Å²) in [6, 6.07) is 8.16. The van der Waals surface area contributed by atoms with E-state index in [2.05, 4.69) is 9.71 Å². The topological polar surface area (TPSA) is 59.1 Å². The summed E-state index contributed by atoms with van der Waals surface area (Å²) in [4.78, 5) is 17.4. The minimum atomic E-state index is -1.50. The maximum Gasteiger partial charge on any atom is 0.195 e. The predicted molar refractivity (Wildman–Crippen MR) is 118 cm³/mol. The Morgan fingerprint density at radius 2 is 1.86 bits per heavy atom. The molecule has 0 saturated carbocycles. The second kappa shape index (κ2) is 10.7. The SMILES string of the molecule is CC.CC1=CC=C(S(=O)Nc2ccc(Cl)cc2C(=O)c2ccncc2)C=CC1. The smallest absolute Gasteiger partial charge is 0.195 e. The molecule has 1 heterocycles. The lowest BCUT2D eigenvalue weighted by molar-refractivity contribution is 0.103. The Labute approximate surface area is 173 Å². The minimum Gasteiger partial charge on any atom is -0.300 e. The van der Waals surface area contributed by atoms with Gasteiger partial charge in [0.15, 0.2) is 5.78 Å². The number of anilines is 1. The lowest BCUT2D eigenvalue weighted by Gasteiger charge is -2.12. The van der Waals surface area contributed by atoms with Gasteiger partial charge in [0.05, 0.1) is 10.6 Å². The van der Waals surface area contributed by atoms with Gasteiger partial charge in [0.1, 0.15) is 11.0 Å². The van der Waals surface area contributed by atoms with E-state index >= 15 is 0 Å². The summed E-state index contributed by atoms with van der Waals surface area (Å²) < 4.78 is 15.6. The van der Waals surface area contributed by atoms with Crippen LogP contribution < -0.4 is 4.72 Å². The first-order valence-electron chi connectivity index (χ1n) is 9.01. The summed E-state index contributed by atoms with van der Waals surface area (Å²) in [5.41, 5.74) is 2.51. The van der Waals surface area contributed by atoms with Gasteiger partial charge in [-0.1, -0.05) is 43.2 Å². The molecule has 1 aliphatic carbocycles. The fourth-order valence-electron chi connectivity index (χ4n) is 2.44. The van der Waals surface area contributed by atoms with Crippen molar-refractivity contribution in [1.82, 2.24) is 4.98 Å². The molecule has 0 spiro atoms. The lowest BCUT2D eigenvalue weighted by atomic mass is 10.0. The van der Waals surface area contributed by atoms with E-state index in [1.807, 2.05) is 45.1 Å². The molecule has 3 rings (SSSR count). The van der Waals surface area contributed by atoms with Crippen molar-refractivity contribution in [2.45, 2.75) is 27.2 Å². The van der Waals surface area contributed by atoms with Gasteiger partial charge in [-0.05, 0) is 55.8 Å². The summed E-state index contributed by atoms with van der Waals surface area (Å²) in [5.74, 6) is -0.212. The van der Waals surface area contributed by atoms with Crippen molar-refractivity contribution in [3.05, 3.63) is 93.7 Å². The molecule has 1 N–H and O–H groups in total. The average Bonchev–Trinajstić information content (AvgIpc) is 2.95. The lowest BCUT2D eigenvalue weighted by Crippen LogP contribution is -2.11. The number of benzene rings is 1. The average molecular weight is 415 g/mol. The zero-order valence-electron chi connectivity index (χ0n) is 16.1. The van der Waals surface area contributed by atoms with Crippen LogP contribution in [0, 0.1) is 0 Å². The van der Waals surface area contributed by atoms with Crippen LogP contribution in [0.2, 0.25) is 5.02 Å². The summed E-state index contributed by atoms with van der Waals surface area (Å²) in [7, 11) is -1.50. The molecule has 0 aliphatic heterocycles. The van der Waals surface area contributed by atoms with Gasteiger partial charge in [0.25, 0.3) is 0 Å². The fraction of sp³-hybridized carbons (Fsp3) is 0.182. The molecule has 0 fully saturated rings.